The normalized spacial score (nSPS) is 11.4. The zero-order chi connectivity index (χ0) is 20.5. The van der Waals surface area contributed by atoms with E-state index in [9.17, 15) is 9.59 Å². The molecule has 9 heteroatoms. The van der Waals surface area contributed by atoms with Crippen molar-refractivity contribution in [2.75, 3.05) is 6.61 Å². The molecule has 3 aromatic heterocycles. The Labute approximate surface area is 165 Å². The van der Waals surface area contributed by atoms with Gasteiger partial charge >= 0.3 is 5.69 Å². The van der Waals surface area contributed by atoms with Gasteiger partial charge in [-0.1, -0.05) is 23.4 Å². The number of hydrogen-bond acceptors (Lipinski definition) is 6. The lowest BCUT2D eigenvalue weighted by Crippen LogP contribution is -2.40. The number of nitrogens with zero attached hydrogens (tertiary/aromatic N) is 5. The molecule has 0 bridgehead atoms. The van der Waals surface area contributed by atoms with E-state index >= 15 is 0 Å². The van der Waals surface area contributed by atoms with Crippen LogP contribution < -0.4 is 11.2 Å². The van der Waals surface area contributed by atoms with Crippen molar-refractivity contribution in [1.29, 1.82) is 0 Å². The van der Waals surface area contributed by atoms with E-state index in [-0.39, 0.29) is 13.3 Å². The second-order valence-corrected chi connectivity index (χ2v) is 6.66. The Morgan fingerprint density at radius 2 is 1.90 bits per heavy atom. The van der Waals surface area contributed by atoms with Gasteiger partial charge in [-0.2, -0.15) is 0 Å². The van der Waals surface area contributed by atoms with Crippen LogP contribution in [0, 0.1) is 13.8 Å². The second kappa shape index (κ2) is 7.51. The first-order chi connectivity index (χ1) is 14.0. The predicted molar refractivity (Wildman–Crippen MR) is 106 cm³/mol. The van der Waals surface area contributed by atoms with Gasteiger partial charge in [0.25, 0.3) is 5.56 Å². The van der Waals surface area contributed by atoms with Crippen molar-refractivity contribution in [3.05, 3.63) is 74.5 Å². The fourth-order valence-electron chi connectivity index (χ4n) is 3.30. The highest BCUT2D eigenvalue weighted by Crippen LogP contribution is 2.16. The second-order valence-electron chi connectivity index (χ2n) is 6.66. The largest absolute Gasteiger partial charge is 0.361 e. The van der Waals surface area contributed by atoms with E-state index in [1.807, 2.05) is 25.1 Å². The number of fused-ring (bicyclic) bond motifs is 1. The first-order valence-electron chi connectivity index (χ1n) is 9.28. The van der Waals surface area contributed by atoms with Crippen molar-refractivity contribution in [3.8, 4) is 5.69 Å². The minimum atomic E-state index is -0.477. The fourth-order valence-corrected chi connectivity index (χ4v) is 3.30. The van der Waals surface area contributed by atoms with E-state index < -0.39 is 11.2 Å². The summed E-state index contributed by atoms with van der Waals surface area (Å²) < 4.78 is 14.9. The first-order valence-corrected chi connectivity index (χ1v) is 9.28. The van der Waals surface area contributed by atoms with Crippen LogP contribution >= 0.6 is 0 Å². The molecule has 4 rings (SSSR count). The summed E-state index contributed by atoms with van der Waals surface area (Å²) in [6, 6.07) is 9.11. The van der Waals surface area contributed by atoms with Gasteiger partial charge < -0.3 is 13.8 Å². The molecule has 0 radical (unpaired) electrons. The number of imidazole rings is 1. The third-order valence-corrected chi connectivity index (χ3v) is 4.85. The Balaban J connectivity index is 2.02. The van der Waals surface area contributed by atoms with E-state index in [0.29, 0.717) is 40.5 Å². The predicted octanol–water partition coefficient (Wildman–Crippen LogP) is 2.00. The van der Waals surface area contributed by atoms with Crippen molar-refractivity contribution < 1.29 is 9.26 Å². The lowest BCUT2D eigenvalue weighted by molar-refractivity contribution is 0.0903. The third kappa shape index (κ3) is 3.19. The van der Waals surface area contributed by atoms with E-state index in [0.717, 1.165) is 0 Å². The van der Waals surface area contributed by atoms with Crippen LogP contribution in [0.3, 0.4) is 0 Å². The van der Waals surface area contributed by atoms with Crippen LogP contribution in [0.5, 0.6) is 0 Å². The molecule has 0 unspecified atom stereocenters. The Morgan fingerprint density at radius 3 is 2.55 bits per heavy atom. The zero-order valence-corrected chi connectivity index (χ0v) is 16.5. The van der Waals surface area contributed by atoms with Crippen LogP contribution in [0.4, 0.5) is 0 Å². The smallest absolute Gasteiger partial charge is 0.337 e. The van der Waals surface area contributed by atoms with E-state index in [4.69, 9.17) is 9.26 Å². The number of para-hydroxylation sites is 1. The molecule has 0 N–H and O–H groups in total. The third-order valence-electron chi connectivity index (χ3n) is 4.85. The lowest BCUT2D eigenvalue weighted by Gasteiger charge is -2.12. The summed E-state index contributed by atoms with van der Waals surface area (Å²) in [6.07, 6.45) is 1.51. The molecular formula is C20H21N5O4. The molecular weight excluding hydrogens is 374 g/mol. The molecule has 0 aliphatic rings. The van der Waals surface area contributed by atoms with Crippen LogP contribution in [0.1, 0.15) is 23.9 Å². The molecule has 0 saturated heterocycles. The Bertz CT molecular complexity index is 1260. The molecule has 0 fully saturated rings. The minimum Gasteiger partial charge on any atom is -0.361 e. The van der Waals surface area contributed by atoms with Crippen LogP contribution in [0.2, 0.25) is 0 Å². The van der Waals surface area contributed by atoms with Crippen LogP contribution in [0.25, 0.3) is 16.9 Å². The van der Waals surface area contributed by atoms with Gasteiger partial charge in [-0.25, -0.2) is 14.3 Å². The molecule has 0 amide bonds. The van der Waals surface area contributed by atoms with Crippen molar-refractivity contribution in [2.45, 2.75) is 34.0 Å². The zero-order valence-electron chi connectivity index (χ0n) is 16.5. The maximum Gasteiger partial charge on any atom is 0.337 e. The highest BCUT2D eigenvalue weighted by atomic mass is 16.5. The van der Waals surface area contributed by atoms with Gasteiger partial charge in [0.05, 0.1) is 24.3 Å². The fraction of sp³-hybridized carbons (Fsp3) is 0.300. The maximum atomic E-state index is 13.4. The monoisotopic (exact) mass is 395 g/mol. The van der Waals surface area contributed by atoms with E-state index in [1.165, 1.54) is 15.5 Å². The Hall–Kier alpha value is -3.46. The Morgan fingerprint density at radius 1 is 1.14 bits per heavy atom. The molecule has 4 aromatic rings. The molecule has 0 atom stereocenters. The van der Waals surface area contributed by atoms with E-state index in [2.05, 4.69) is 10.1 Å². The number of hydrogen-bond donors (Lipinski definition) is 0. The van der Waals surface area contributed by atoms with Gasteiger partial charge in [-0.05, 0) is 32.9 Å². The van der Waals surface area contributed by atoms with Gasteiger partial charge in [-0.15, -0.1) is 0 Å². The number of ether oxygens (including phenoxy) is 1. The molecule has 29 heavy (non-hydrogen) atoms. The molecule has 0 aliphatic carbocycles. The standard InChI is InChI=1S/C20H21N5O4/c1-4-28-12-23-11-21-18-17(23)19(26)24(10-16-13(2)22-29-14(16)3)20(27)25(18)15-8-6-5-7-9-15/h5-9,11H,4,10,12H2,1-3H3. The van der Waals surface area contributed by atoms with Crippen molar-refractivity contribution >= 4 is 11.2 Å². The van der Waals surface area contributed by atoms with Gasteiger partial charge in [-0.3, -0.25) is 9.36 Å². The van der Waals surface area contributed by atoms with Crippen LogP contribution in [-0.2, 0) is 18.0 Å². The topological polar surface area (TPSA) is 97.1 Å². The summed E-state index contributed by atoms with van der Waals surface area (Å²) in [7, 11) is 0. The summed E-state index contributed by atoms with van der Waals surface area (Å²) in [5, 5.41) is 3.93. The number of aryl methyl sites for hydroxylation is 2. The van der Waals surface area contributed by atoms with Gasteiger partial charge in [0.1, 0.15) is 12.5 Å². The molecule has 3 heterocycles. The highest BCUT2D eigenvalue weighted by molar-refractivity contribution is 5.72. The minimum absolute atomic E-state index is 0.0570. The van der Waals surface area contributed by atoms with Crippen molar-refractivity contribution in [2.24, 2.45) is 0 Å². The molecule has 0 spiro atoms. The van der Waals surface area contributed by atoms with E-state index in [1.54, 1.807) is 30.5 Å². The number of rotatable bonds is 6. The Kier molecular flexibility index (Phi) is 4.89. The maximum absolute atomic E-state index is 13.4. The molecule has 150 valence electrons. The molecule has 9 nitrogen and oxygen atoms in total. The summed E-state index contributed by atoms with van der Waals surface area (Å²) in [6.45, 7) is 6.13. The van der Waals surface area contributed by atoms with Crippen LogP contribution in [0.15, 0.2) is 50.8 Å². The van der Waals surface area contributed by atoms with Crippen molar-refractivity contribution in [3.63, 3.8) is 0 Å². The highest BCUT2D eigenvalue weighted by Gasteiger charge is 2.21. The molecule has 0 saturated carbocycles. The molecule has 0 aliphatic heterocycles. The van der Waals surface area contributed by atoms with Gasteiger partial charge in [0.2, 0.25) is 0 Å². The van der Waals surface area contributed by atoms with Gasteiger partial charge in [0, 0.05) is 12.2 Å². The van der Waals surface area contributed by atoms with Crippen molar-refractivity contribution in [1.82, 2.24) is 23.8 Å². The SMILES string of the molecule is CCOCn1cnc2c1c(=O)n(Cc1c(C)noc1C)c(=O)n2-c1ccccc1. The average Bonchev–Trinajstić information content (AvgIpc) is 3.28. The quantitative estimate of drug-likeness (QED) is 0.495. The van der Waals surface area contributed by atoms with Crippen LogP contribution in [-0.4, -0.2) is 30.4 Å². The summed E-state index contributed by atoms with van der Waals surface area (Å²) >= 11 is 0. The summed E-state index contributed by atoms with van der Waals surface area (Å²) in [5.74, 6) is 0.572. The average molecular weight is 395 g/mol. The van der Waals surface area contributed by atoms with Gasteiger partial charge in [0.15, 0.2) is 11.2 Å². The number of benzene rings is 1. The summed E-state index contributed by atoms with van der Waals surface area (Å²) in [5.41, 5.74) is 1.65. The molecule has 1 aromatic carbocycles. The first kappa shape index (κ1) is 18.9. The summed E-state index contributed by atoms with van der Waals surface area (Å²) in [4.78, 5) is 31.0. The lowest BCUT2D eigenvalue weighted by atomic mass is 10.2. The number of aromatic nitrogens is 5.